The van der Waals surface area contributed by atoms with Gasteiger partial charge in [0, 0.05) is 22.3 Å². The topological polar surface area (TPSA) is 64.9 Å². The molecule has 0 bridgehead atoms. The number of nitrogens with zero attached hydrogens (tertiary/aromatic N) is 1. The maximum absolute atomic E-state index is 11.9. The van der Waals surface area contributed by atoms with Crippen molar-refractivity contribution in [3.8, 4) is 6.07 Å². The SMILES string of the molecule is C[C@@H](N[C@H]1CCC(c2ccc(C(=O)NCC#N)cc2)C1)c1csc2ccccc12. The van der Waals surface area contributed by atoms with E-state index in [2.05, 4.69) is 59.3 Å². The van der Waals surface area contributed by atoms with Crippen molar-refractivity contribution in [2.24, 2.45) is 0 Å². The van der Waals surface area contributed by atoms with Gasteiger partial charge in [-0.15, -0.1) is 11.3 Å². The van der Waals surface area contributed by atoms with Crippen LogP contribution in [0.2, 0.25) is 0 Å². The van der Waals surface area contributed by atoms with Crippen LogP contribution in [0.5, 0.6) is 0 Å². The molecule has 0 saturated heterocycles. The number of amides is 1. The minimum absolute atomic E-state index is 0.0359. The molecule has 1 heterocycles. The van der Waals surface area contributed by atoms with E-state index in [0.717, 1.165) is 12.8 Å². The van der Waals surface area contributed by atoms with E-state index in [1.807, 2.05) is 29.5 Å². The normalized spacial score (nSPS) is 19.7. The van der Waals surface area contributed by atoms with Crippen LogP contribution in [0.1, 0.15) is 59.6 Å². The second-order valence-electron chi connectivity index (χ2n) is 7.75. The van der Waals surface area contributed by atoms with Gasteiger partial charge in [0.15, 0.2) is 0 Å². The third-order valence-electron chi connectivity index (χ3n) is 5.87. The first-order chi connectivity index (χ1) is 14.2. The highest BCUT2D eigenvalue weighted by Crippen LogP contribution is 2.37. The molecule has 1 fully saturated rings. The first-order valence-corrected chi connectivity index (χ1v) is 11.0. The fourth-order valence-corrected chi connectivity index (χ4v) is 5.40. The Morgan fingerprint density at radius 2 is 2.00 bits per heavy atom. The molecular formula is C24H25N3OS. The monoisotopic (exact) mass is 403 g/mol. The van der Waals surface area contributed by atoms with Crippen LogP contribution in [-0.2, 0) is 0 Å². The summed E-state index contributed by atoms with van der Waals surface area (Å²) < 4.78 is 1.35. The van der Waals surface area contributed by atoms with Crippen LogP contribution in [0.25, 0.3) is 10.1 Å². The van der Waals surface area contributed by atoms with Crippen molar-refractivity contribution in [1.29, 1.82) is 5.26 Å². The molecule has 1 unspecified atom stereocenters. The zero-order valence-corrected chi connectivity index (χ0v) is 17.3. The molecule has 0 radical (unpaired) electrons. The quantitative estimate of drug-likeness (QED) is 0.560. The molecule has 3 aromatic rings. The summed E-state index contributed by atoms with van der Waals surface area (Å²) in [5.74, 6) is 0.330. The Hall–Kier alpha value is -2.68. The summed E-state index contributed by atoms with van der Waals surface area (Å²) in [6, 6.07) is 19.2. The lowest BCUT2D eigenvalue weighted by atomic mass is 9.96. The Balaban J connectivity index is 1.36. The van der Waals surface area contributed by atoms with E-state index in [0.29, 0.717) is 23.6 Å². The molecule has 148 valence electrons. The van der Waals surface area contributed by atoms with E-state index in [4.69, 9.17) is 5.26 Å². The molecule has 1 aliphatic carbocycles. The third kappa shape index (κ3) is 4.34. The smallest absolute Gasteiger partial charge is 0.252 e. The predicted molar refractivity (Wildman–Crippen MR) is 118 cm³/mol. The number of nitrogens with one attached hydrogen (secondary N) is 2. The van der Waals surface area contributed by atoms with E-state index in [-0.39, 0.29) is 12.5 Å². The summed E-state index contributed by atoms with van der Waals surface area (Å²) in [4.78, 5) is 11.9. The van der Waals surface area contributed by atoms with Crippen LogP contribution >= 0.6 is 11.3 Å². The number of hydrogen-bond donors (Lipinski definition) is 2. The molecule has 1 aromatic heterocycles. The fraction of sp³-hybridized carbons (Fsp3) is 0.333. The molecule has 4 nitrogen and oxygen atoms in total. The lowest BCUT2D eigenvalue weighted by Gasteiger charge is -2.20. The van der Waals surface area contributed by atoms with E-state index < -0.39 is 0 Å². The molecule has 2 aromatic carbocycles. The van der Waals surface area contributed by atoms with Gasteiger partial charge in [0.2, 0.25) is 0 Å². The van der Waals surface area contributed by atoms with Gasteiger partial charge in [-0.05, 0) is 72.2 Å². The van der Waals surface area contributed by atoms with Crippen LogP contribution in [0.3, 0.4) is 0 Å². The van der Waals surface area contributed by atoms with Gasteiger partial charge < -0.3 is 10.6 Å². The number of nitriles is 1. The van der Waals surface area contributed by atoms with Gasteiger partial charge in [-0.25, -0.2) is 0 Å². The zero-order valence-electron chi connectivity index (χ0n) is 16.5. The minimum atomic E-state index is -0.194. The number of fused-ring (bicyclic) bond motifs is 1. The molecule has 3 atom stereocenters. The number of thiophene rings is 1. The lowest BCUT2D eigenvalue weighted by Crippen LogP contribution is -2.29. The number of benzene rings is 2. The number of hydrogen-bond acceptors (Lipinski definition) is 4. The number of carbonyl (C=O) groups is 1. The summed E-state index contributed by atoms with van der Waals surface area (Å²) in [6.07, 6.45) is 3.45. The Morgan fingerprint density at radius 3 is 2.79 bits per heavy atom. The van der Waals surface area contributed by atoms with Crippen LogP contribution in [0.15, 0.2) is 53.9 Å². The summed E-state index contributed by atoms with van der Waals surface area (Å²) in [7, 11) is 0. The van der Waals surface area contributed by atoms with Gasteiger partial charge in [0.05, 0.1) is 6.07 Å². The van der Waals surface area contributed by atoms with Crippen molar-refractivity contribution in [2.75, 3.05) is 6.54 Å². The zero-order chi connectivity index (χ0) is 20.2. The predicted octanol–water partition coefficient (Wildman–Crippen LogP) is 5.14. The molecule has 1 amide bonds. The van der Waals surface area contributed by atoms with Crippen molar-refractivity contribution in [3.63, 3.8) is 0 Å². The molecule has 1 aliphatic rings. The average Bonchev–Trinajstić information content (AvgIpc) is 3.39. The summed E-state index contributed by atoms with van der Waals surface area (Å²) in [6.45, 7) is 2.30. The van der Waals surface area contributed by atoms with Crippen LogP contribution < -0.4 is 10.6 Å². The van der Waals surface area contributed by atoms with Gasteiger partial charge in [-0.2, -0.15) is 5.26 Å². The number of carbonyl (C=O) groups excluding carboxylic acids is 1. The summed E-state index contributed by atoms with van der Waals surface area (Å²) in [5.41, 5.74) is 3.29. The molecule has 4 rings (SSSR count). The number of rotatable bonds is 6. The maximum atomic E-state index is 11.9. The van der Waals surface area contributed by atoms with Gasteiger partial charge in [0.25, 0.3) is 5.91 Å². The lowest BCUT2D eigenvalue weighted by molar-refractivity contribution is 0.0958. The van der Waals surface area contributed by atoms with Crippen LogP contribution in [0, 0.1) is 11.3 Å². The maximum Gasteiger partial charge on any atom is 0.252 e. The van der Waals surface area contributed by atoms with Crippen molar-refractivity contribution in [2.45, 2.75) is 44.2 Å². The molecule has 1 saturated carbocycles. The average molecular weight is 404 g/mol. The highest BCUT2D eigenvalue weighted by molar-refractivity contribution is 7.17. The summed E-state index contributed by atoms with van der Waals surface area (Å²) in [5, 5.41) is 18.6. The van der Waals surface area contributed by atoms with Crippen LogP contribution in [0.4, 0.5) is 0 Å². The van der Waals surface area contributed by atoms with Crippen molar-refractivity contribution in [1.82, 2.24) is 10.6 Å². The van der Waals surface area contributed by atoms with Crippen molar-refractivity contribution >= 4 is 27.3 Å². The second-order valence-corrected chi connectivity index (χ2v) is 8.66. The molecule has 29 heavy (non-hydrogen) atoms. The highest BCUT2D eigenvalue weighted by Gasteiger charge is 2.27. The first kappa shape index (κ1) is 19.6. The molecule has 0 spiro atoms. The largest absolute Gasteiger partial charge is 0.339 e. The van der Waals surface area contributed by atoms with Gasteiger partial charge in [-0.1, -0.05) is 30.3 Å². The van der Waals surface area contributed by atoms with E-state index in [9.17, 15) is 4.79 Å². The van der Waals surface area contributed by atoms with Crippen molar-refractivity contribution < 1.29 is 4.79 Å². The van der Waals surface area contributed by atoms with Gasteiger partial charge >= 0.3 is 0 Å². The third-order valence-corrected chi connectivity index (χ3v) is 6.85. The summed E-state index contributed by atoms with van der Waals surface area (Å²) >= 11 is 1.82. The van der Waals surface area contributed by atoms with Gasteiger partial charge in [0.1, 0.15) is 6.54 Å². The Kier molecular flexibility index (Phi) is 5.94. The van der Waals surface area contributed by atoms with Crippen molar-refractivity contribution in [3.05, 3.63) is 70.6 Å². The molecular weight excluding hydrogens is 378 g/mol. The standard InChI is InChI=1S/C24H25N3OS/c1-16(22-15-29-23-5-3-2-4-21(22)23)27-20-11-10-19(14-20)17-6-8-18(9-7-17)24(28)26-13-12-25/h2-9,15-16,19-20,27H,10-11,13-14H2,1H3,(H,26,28)/t16-,19?,20+/m1/s1. The highest BCUT2D eigenvalue weighted by atomic mass is 32.1. The van der Waals surface area contributed by atoms with E-state index in [1.54, 1.807) is 0 Å². The molecule has 2 N–H and O–H groups in total. The molecule has 0 aliphatic heterocycles. The van der Waals surface area contributed by atoms with E-state index >= 15 is 0 Å². The first-order valence-electron chi connectivity index (χ1n) is 10.1. The second kappa shape index (κ2) is 8.77. The Labute approximate surface area is 175 Å². The van der Waals surface area contributed by atoms with Gasteiger partial charge in [-0.3, -0.25) is 4.79 Å². The minimum Gasteiger partial charge on any atom is -0.339 e. The Morgan fingerprint density at radius 1 is 1.21 bits per heavy atom. The fourth-order valence-electron chi connectivity index (χ4n) is 4.34. The Bertz CT molecular complexity index is 1030. The van der Waals surface area contributed by atoms with E-state index in [1.165, 1.54) is 27.6 Å². The van der Waals surface area contributed by atoms with Crippen LogP contribution in [-0.4, -0.2) is 18.5 Å². The molecule has 5 heteroatoms.